The number of rotatable bonds is 1. The van der Waals surface area contributed by atoms with Crippen LogP contribution in [0.25, 0.3) is 11.2 Å². The van der Waals surface area contributed by atoms with Crippen LogP contribution in [0.1, 0.15) is 32.0 Å². The molecule has 0 aromatic carbocycles. The number of nitrogens with zero attached hydrogens (tertiary/aromatic N) is 4. The molecule has 140 valence electrons. The maximum Gasteiger partial charge on any atom is 0.410 e. The van der Waals surface area contributed by atoms with Crippen molar-refractivity contribution in [3.63, 3.8) is 0 Å². The summed E-state index contributed by atoms with van der Waals surface area (Å²) in [6.07, 6.45) is 1.38. The van der Waals surface area contributed by atoms with E-state index in [1.54, 1.807) is 11.1 Å². The zero-order chi connectivity index (χ0) is 19.1. The van der Waals surface area contributed by atoms with Crippen LogP contribution in [-0.2, 0) is 4.74 Å². The number of H-pyrrole nitrogens is 1. The van der Waals surface area contributed by atoms with Crippen LogP contribution in [0.5, 0.6) is 0 Å². The molecule has 0 bridgehead atoms. The fourth-order valence-electron chi connectivity index (χ4n) is 3.11. The average molecular weight is 359 g/mol. The number of carbonyl (C=O) groups is 1. The van der Waals surface area contributed by atoms with E-state index in [-0.39, 0.29) is 11.7 Å². The van der Waals surface area contributed by atoms with Gasteiger partial charge in [0.1, 0.15) is 16.8 Å². The van der Waals surface area contributed by atoms with Gasteiger partial charge in [0.2, 0.25) is 0 Å². The lowest BCUT2D eigenvalue weighted by molar-refractivity contribution is 0.0240. The van der Waals surface area contributed by atoms with Crippen LogP contribution in [0, 0.1) is 13.8 Å². The zero-order valence-corrected chi connectivity index (χ0v) is 15.9. The Balaban J connectivity index is 1.81. The Hall–Kier alpha value is -2.64. The molecule has 0 unspecified atom stereocenters. The molecule has 1 aliphatic rings. The second-order valence-corrected chi connectivity index (χ2v) is 7.59. The van der Waals surface area contributed by atoms with Crippen LogP contribution < -0.4 is 10.5 Å². The minimum Gasteiger partial charge on any atom is -0.444 e. The number of pyridine rings is 1. The zero-order valence-electron chi connectivity index (χ0n) is 15.9. The number of piperazine rings is 1. The highest BCUT2D eigenvalue weighted by Crippen LogP contribution is 2.22. The Kier molecular flexibility index (Phi) is 4.60. The standard InChI is InChI=1S/C18H25N5O3/c1-11-10-19-13-12(2)14(16(24)21-15(13)20-11)22-6-8-23(9-7-22)17(25)26-18(3,4)5/h10H,6-9H2,1-5H3,(H,20,21,24). The van der Waals surface area contributed by atoms with E-state index in [4.69, 9.17) is 4.74 Å². The van der Waals surface area contributed by atoms with E-state index in [1.807, 2.05) is 39.5 Å². The molecule has 2 aromatic rings. The van der Waals surface area contributed by atoms with Gasteiger partial charge in [0.05, 0.1) is 5.69 Å². The van der Waals surface area contributed by atoms with Crippen molar-refractivity contribution in [2.45, 2.75) is 40.2 Å². The molecule has 26 heavy (non-hydrogen) atoms. The average Bonchev–Trinajstić information content (AvgIpc) is 2.53. The Labute approximate surface area is 152 Å². The van der Waals surface area contributed by atoms with E-state index < -0.39 is 5.60 Å². The number of carbonyl (C=O) groups excluding carboxylic acids is 1. The number of hydrogen-bond donors (Lipinski definition) is 1. The molecule has 2 aromatic heterocycles. The fraction of sp³-hybridized carbons (Fsp3) is 0.556. The third kappa shape index (κ3) is 3.63. The highest BCUT2D eigenvalue weighted by molar-refractivity contribution is 5.80. The molecule has 0 saturated carbocycles. The maximum atomic E-state index is 12.6. The summed E-state index contributed by atoms with van der Waals surface area (Å²) in [7, 11) is 0. The Morgan fingerprint density at radius 2 is 1.85 bits per heavy atom. The number of aryl methyl sites for hydroxylation is 2. The molecule has 0 atom stereocenters. The van der Waals surface area contributed by atoms with Crippen molar-refractivity contribution in [2.75, 3.05) is 31.1 Å². The molecule has 3 rings (SSSR count). The fourth-order valence-corrected chi connectivity index (χ4v) is 3.11. The van der Waals surface area contributed by atoms with Crippen LogP contribution in [-0.4, -0.2) is 57.7 Å². The lowest BCUT2D eigenvalue weighted by atomic mass is 10.1. The number of anilines is 1. The van der Waals surface area contributed by atoms with E-state index in [0.717, 1.165) is 11.3 Å². The number of nitrogens with one attached hydrogen (secondary N) is 1. The molecule has 1 aliphatic heterocycles. The third-order valence-corrected chi connectivity index (χ3v) is 4.30. The lowest BCUT2D eigenvalue weighted by Gasteiger charge is -2.36. The van der Waals surface area contributed by atoms with E-state index in [0.29, 0.717) is 43.0 Å². The van der Waals surface area contributed by atoms with Crippen LogP contribution >= 0.6 is 0 Å². The first kappa shape index (κ1) is 18.2. The summed E-state index contributed by atoms with van der Waals surface area (Å²) < 4.78 is 5.42. The Bertz CT molecular complexity index is 892. The van der Waals surface area contributed by atoms with Crippen LogP contribution in [0.15, 0.2) is 11.0 Å². The van der Waals surface area contributed by atoms with Gasteiger partial charge in [-0.1, -0.05) is 0 Å². The quantitative estimate of drug-likeness (QED) is 0.837. The number of amides is 1. The Morgan fingerprint density at radius 1 is 1.19 bits per heavy atom. The molecule has 0 radical (unpaired) electrons. The summed E-state index contributed by atoms with van der Waals surface area (Å²) in [4.78, 5) is 40.1. The maximum absolute atomic E-state index is 12.6. The smallest absolute Gasteiger partial charge is 0.410 e. The normalized spacial score (nSPS) is 15.4. The molecule has 0 aliphatic carbocycles. The molecule has 1 fully saturated rings. The van der Waals surface area contributed by atoms with Crippen LogP contribution in [0.3, 0.4) is 0 Å². The topological polar surface area (TPSA) is 91.4 Å². The summed E-state index contributed by atoms with van der Waals surface area (Å²) in [5.41, 5.74) is 2.66. The summed E-state index contributed by atoms with van der Waals surface area (Å²) in [5.74, 6) is 0. The van der Waals surface area contributed by atoms with Crippen molar-refractivity contribution in [1.29, 1.82) is 0 Å². The first-order valence-electron chi connectivity index (χ1n) is 8.75. The van der Waals surface area contributed by atoms with Crippen molar-refractivity contribution >= 4 is 22.9 Å². The minimum atomic E-state index is -0.517. The van der Waals surface area contributed by atoms with E-state index >= 15 is 0 Å². The van der Waals surface area contributed by atoms with Gasteiger partial charge in [0, 0.05) is 37.9 Å². The number of ether oxygens (including phenoxy) is 1. The molecule has 1 amide bonds. The van der Waals surface area contributed by atoms with Gasteiger partial charge in [0.15, 0.2) is 5.65 Å². The summed E-state index contributed by atoms with van der Waals surface area (Å²) >= 11 is 0. The van der Waals surface area contributed by atoms with Crippen LogP contribution in [0.2, 0.25) is 0 Å². The Morgan fingerprint density at radius 3 is 2.46 bits per heavy atom. The number of hydrogen-bond acceptors (Lipinski definition) is 6. The van der Waals surface area contributed by atoms with Gasteiger partial charge in [-0.05, 0) is 34.6 Å². The molecule has 0 spiro atoms. The molecule has 8 nitrogen and oxygen atoms in total. The number of fused-ring (bicyclic) bond motifs is 1. The van der Waals surface area contributed by atoms with Crippen molar-refractivity contribution in [2.24, 2.45) is 0 Å². The SMILES string of the molecule is Cc1cnc2c(C)c(N3CCN(C(=O)OC(C)(C)C)CC3)c(=O)[nH]c2n1. The van der Waals surface area contributed by atoms with Crippen molar-refractivity contribution in [3.05, 3.63) is 27.8 Å². The molecular formula is C18H25N5O3. The third-order valence-electron chi connectivity index (χ3n) is 4.30. The molecular weight excluding hydrogens is 334 g/mol. The van der Waals surface area contributed by atoms with Gasteiger partial charge in [0.25, 0.3) is 5.56 Å². The predicted octanol–water partition coefficient (Wildman–Crippen LogP) is 1.99. The summed E-state index contributed by atoms with van der Waals surface area (Å²) in [5, 5.41) is 0. The van der Waals surface area contributed by atoms with Crippen LogP contribution in [0.4, 0.5) is 10.5 Å². The van der Waals surface area contributed by atoms with Crippen molar-refractivity contribution in [3.8, 4) is 0 Å². The molecule has 3 heterocycles. The van der Waals surface area contributed by atoms with Gasteiger partial charge in [-0.3, -0.25) is 9.78 Å². The summed E-state index contributed by atoms with van der Waals surface area (Å²) in [6.45, 7) is 11.4. The number of aromatic nitrogens is 3. The first-order valence-corrected chi connectivity index (χ1v) is 8.75. The number of aromatic amines is 1. The first-order chi connectivity index (χ1) is 12.2. The minimum absolute atomic E-state index is 0.180. The molecule has 1 N–H and O–H groups in total. The predicted molar refractivity (Wildman–Crippen MR) is 99.7 cm³/mol. The highest BCUT2D eigenvalue weighted by Gasteiger charge is 2.27. The lowest BCUT2D eigenvalue weighted by Crippen LogP contribution is -2.51. The second-order valence-electron chi connectivity index (χ2n) is 7.59. The monoisotopic (exact) mass is 359 g/mol. The molecule has 8 heteroatoms. The summed E-state index contributed by atoms with van der Waals surface area (Å²) in [6, 6.07) is 0. The molecule has 1 saturated heterocycles. The van der Waals surface area contributed by atoms with Gasteiger partial charge in [-0.15, -0.1) is 0 Å². The van der Waals surface area contributed by atoms with Gasteiger partial charge in [-0.25, -0.2) is 9.78 Å². The van der Waals surface area contributed by atoms with E-state index in [2.05, 4.69) is 15.0 Å². The van der Waals surface area contributed by atoms with Gasteiger partial charge in [-0.2, -0.15) is 0 Å². The van der Waals surface area contributed by atoms with Crippen molar-refractivity contribution in [1.82, 2.24) is 19.9 Å². The van der Waals surface area contributed by atoms with E-state index in [1.165, 1.54) is 0 Å². The highest BCUT2D eigenvalue weighted by atomic mass is 16.6. The van der Waals surface area contributed by atoms with Gasteiger partial charge >= 0.3 is 6.09 Å². The second kappa shape index (κ2) is 6.59. The van der Waals surface area contributed by atoms with E-state index in [9.17, 15) is 9.59 Å². The largest absolute Gasteiger partial charge is 0.444 e. The van der Waals surface area contributed by atoms with Gasteiger partial charge < -0.3 is 19.5 Å². The van der Waals surface area contributed by atoms with Crippen molar-refractivity contribution < 1.29 is 9.53 Å².